The third-order valence-corrected chi connectivity index (χ3v) is 10.4. The predicted octanol–water partition coefficient (Wildman–Crippen LogP) is 3.04. The molecule has 14 nitrogen and oxygen atoms in total. The van der Waals surface area contributed by atoms with Crippen LogP contribution in [-0.4, -0.2) is 140 Å². The number of rotatable bonds is 30. The molecule has 2 fully saturated rings. The summed E-state index contributed by atoms with van der Waals surface area (Å²) >= 11 is 0. The second kappa shape index (κ2) is 29.6. The van der Waals surface area contributed by atoms with Crippen molar-refractivity contribution in [3.05, 3.63) is 24.3 Å². The summed E-state index contributed by atoms with van der Waals surface area (Å²) in [6.07, 6.45) is 11.3. The van der Waals surface area contributed by atoms with E-state index < -0.39 is 86.8 Å². The molecular formula is C41H75NO13. The van der Waals surface area contributed by atoms with Crippen molar-refractivity contribution in [2.75, 3.05) is 19.8 Å². The number of unbranched alkanes of at least 4 members (excludes halogenated alkanes) is 15. The van der Waals surface area contributed by atoms with Gasteiger partial charge in [-0.15, -0.1) is 0 Å². The van der Waals surface area contributed by atoms with E-state index in [1.165, 1.54) is 64.2 Å². The van der Waals surface area contributed by atoms with Crippen molar-refractivity contribution in [2.45, 2.75) is 209 Å². The maximum absolute atomic E-state index is 13.0. The molecule has 2 aliphatic heterocycles. The zero-order chi connectivity index (χ0) is 40.4. The second-order valence-corrected chi connectivity index (χ2v) is 15.1. The number of hydrogen-bond donors (Lipinski definition) is 9. The Morgan fingerprint density at radius 2 is 1.16 bits per heavy atom. The minimum atomic E-state index is -1.79. The van der Waals surface area contributed by atoms with Crippen LogP contribution >= 0.6 is 0 Å². The van der Waals surface area contributed by atoms with Gasteiger partial charge in [0.05, 0.1) is 32.0 Å². The Bertz CT molecular complexity index is 1030. The highest BCUT2D eigenvalue weighted by molar-refractivity contribution is 5.76. The molecule has 0 radical (unpaired) electrons. The van der Waals surface area contributed by atoms with Crippen LogP contribution < -0.4 is 5.32 Å². The van der Waals surface area contributed by atoms with Crippen LogP contribution in [0.2, 0.25) is 0 Å². The van der Waals surface area contributed by atoms with Crippen LogP contribution in [0.1, 0.15) is 136 Å². The van der Waals surface area contributed by atoms with Gasteiger partial charge in [0, 0.05) is 6.42 Å². The first-order valence-corrected chi connectivity index (χ1v) is 21.1. The highest BCUT2D eigenvalue weighted by Crippen LogP contribution is 2.30. The topological polar surface area (TPSA) is 228 Å². The van der Waals surface area contributed by atoms with E-state index >= 15 is 0 Å². The Kier molecular flexibility index (Phi) is 26.7. The van der Waals surface area contributed by atoms with Gasteiger partial charge in [-0.25, -0.2) is 0 Å². The molecule has 14 heteroatoms. The summed E-state index contributed by atoms with van der Waals surface area (Å²) in [5.41, 5.74) is 0. The highest BCUT2D eigenvalue weighted by Gasteiger charge is 2.50. The van der Waals surface area contributed by atoms with Gasteiger partial charge >= 0.3 is 0 Å². The fourth-order valence-corrected chi connectivity index (χ4v) is 6.84. The van der Waals surface area contributed by atoms with Gasteiger partial charge in [0.25, 0.3) is 0 Å². The summed E-state index contributed by atoms with van der Waals surface area (Å²) in [5, 5.41) is 86.0. The summed E-state index contributed by atoms with van der Waals surface area (Å²) < 4.78 is 22.5. The third kappa shape index (κ3) is 18.7. The van der Waals surface area contributed by atoms with Gasteiger partial charge in [-0.2, -0.15) is 0 Å². The summed E-state index contributed by atoms with van der Waals surface area (Å²) in [4.78, 5) is 13.0. The number of allylic oxidation sites excluding steroid dienone is 3. The van der Waals surface area contributed by atoms with Crippen LogP contribution in [-0.2, 0) is 23.7 Å². The third-order valence-electron chi connectivity index (χ3n) is 10.4. The maximum atomic E-state index is 13.0. The number of ether oxygens (including phenoxy) is 4. The first-order chi connectivity index (χ1) is 26.6. The number of nitrogens with one attached hydrogen (secondary N) is 1. The van der Waals surface area contributed by atoms with Gasteiger partial charge in [0.1, 0.15) is 48.8 Å². The highest BCUT2D eigenvalue weighted by atomic mass is 16.7. The Labute approximate surface area is 328 Å². The van der Waals surface area contributed by atoms with E-state index in [1.807, 2.05) is 6.08 Å². The molecule has 0 aromatic heterocycles. The van der Waals surface area contributed by atoms with E-state index in [0.717, 1.165) is 38.5 Å². The average Bonchev–Trinajstić information content (AvgIpc) is 3.18. The molecular weight excluding hydrogens is 714 g/mol. The Balaban J connectivity index is 1.89. The SMILES string of the molecule is CCC/C=C/CC/C=C/C(O)C(COC1OC(CO)C(OC2OC(CO)C(O)C(O)C2O)C(O)C1O)NC(=O)CCCCCCCCCCCCCCCC. The molecule has 0 aromatic carbocycles. The molecule has 55 heavy (non-hydrogen) atoms. The van der Waals surface area contributed by atoms with E-state index in [4.69, 9.17) is 18.9 Å². The van der Waals surface area contributed by atoms with Crippen molar-refractivity contribution < 1.29 is 64.6 Å². The van der Waals surface area contributed by atoms with E-state index in [2.05, 4.69) is 31.3 Å². The zero-order valence-electron chi connectivity index (χ0n) is 33.4. The van der Waals surface area contributed by atoms with E-state index in [0.29, 0.717) is 12.8 Å². The van der Waals surface area contributed by atoms with E-state index in [9.17, 15) is 45.6 Å². The molecule has 1 amide bonds. The fourth-order valence-electron chi connectivity index (χ4n) is 6.84. The fraction of sp³-hybridized carbons (Fsp3) is 0.878. The molecule has 0 spiro atoms. The lowest BCUT2D eigenvalue weighted by molar-refractivity contribution is -0.359. The van der Waals surface area contributed by atoms with Gasteiger partial charge < -0.3 is 65.1 Å². The quantitative estimate of drug-likeness (QED) is 0.0377. The minimum Gasteiger partial charge on any atom is -0.394 e. The maximum Gasteiger partial charge on any atom is 0.220 e. The van der Waals surface area contributed by atoms with Crippen molar-refractivity contribution in [2.24, 2.45) is 0 Å². The van der Waals surface area contributed by atoms with Crippen molar-refractivity contribution in [3.8, 4) is 0 Å². The molecule has 2 aliphatic rings. The van der Waals surface area contributed by atoms with Gasteiger partial charge in [0.15, 0.2) is 12.6 Å². The molecule has 9 N–H and O–H groups in total. The Morgan fingerprint density at radius 1 is 0.636 bits per heavy atom. The number of aliphatic hydroxyl groups excluding tert-OH is 8. The van der Waals surface area contributed by atoms with Crippen LogP contribution in [0.3, 0.4) is 0 Å². The van der Waals surface area contributed by atoms with Crippen LogP contribution in [0.5, 0.6) is 0 Å². The lowest BCUT2D eigenvalue weighted by atomic mass is 9.97. The van der Waals surface area contributed by atoms with Gasteiger partial charge in [-0.05, 0) is 25.7 Å². The molecule has 0 aliphatic carbocycles. The van der Waals surface area contributed by atoms with Crippen molar-refractivity contribution in [1.82, 2.24) is 5.32 Å². The van der Waals surface area contributed by atoms with Crippen molar-refractivity contribution in [3.63, 3.8) is 0 Å². The summed E-state index contributed by atoms with van der Waals surface area (Å²) in [5.74, 6) is -0.256. The van der Waals surface area contributed by atoms with Gasteiger partial charge in [-0.1, -0.05) is 128 Å². The van der Waals surface area contributed by atoms with Crippen molar-refractivity contribution in [1.29, 1.82) is 0 Å². The summed E-state index contributed by atoms with van der Waals surface area (Å²) in [7, 11) is 0. The predicted molar refractivity (Wildman–Crippen MR) is 208 cm³/mol. The molecule has 2 saturated heterocycles. The monoisotopic (exact) mass is 790 g/mol. The summed E-state index contributed by atoms with van der Waals surface area (Å²) in [6, 6.07) is -0.922. The van der Waals surface area contributed by atoms with Crippen LogP contribution in [0.15, 0.2) is 24.3 Å². The first kappa shape index (κ1) is 49.6. The van der Waals surface area contributed by atoms with Crippen LogP contribution in [0, 0.1) is 0 Å². The van der Waals surface area contributed by atoms with Gasteiger partial charge in [-0.3, -0.25) is 4.79 Å². The second-order valence-electron chi connectivity index (χ2n) is 15.1. The lowest BCUT2D eigenvalue weighted by Gasteiger charge is -2.46. The molecule has 322 valence electrons. The molecule has 12 unspecified atom stereocenters. The number of amides is 1. The Hall–Kier alpha value is -1.53. The Morgan fingerprint density at radius 3 is 1.75 bits per heavy atom. The molecule has 0 saturated carbocycles. The minimum absolute atomic E-state index is 0.256. The van der Waals surface area contributed by atoms with Crippen molar-refractivity contribution >= 4 is 5.91 Å². The number of aliphatic hydroxyl groups is 8. The number of carbonyl (C=O) groups excluding carboxylic acids is 1. The smallest absolute Gasteiger partial charge is 0.220 e. The molecule has 0 bridgehead atoms. The largest absolute Gasteiger partial charge is 0.394 e. The van der Waals surface area contributed by atoms with Gasteiger partial charge in [0.2, 0.25) is 5.91 Å². The van der Waals surface area contributed by atoms with E-state index in [-0.39, 0.29) is 18.9 Å². The normalized spacial score (nSPS) is 29.9. The molecule has 2 rings (SSSR count). The molecule has 12 atom stereocenters. The standard InChI is InChI=1S/C41H75NO13/c1-3-5-7-9-11-12-13-14-15-16-17-19-21-23-25-33(46)42-29(30(45)24-22-20-18-10-8-6-4-2)28-52-40-38(51)36(49)39(32(27-44)54-40)55-41-37(50)35(48)34(47)31(26-43)53-41/h8,10,22,24,29-32,34-41,43-45,47-51H,3-7,9,11-21,23,25-28H2,1-2H3,(H,42,46)/b10-8+,24-22+. The van der Waals surface area contributed by atoms with Crippen LogP contribution in [0.25, 0.3) is 0 Å². The van der Waals surface area contributed by atoms with E-state index in [1.54, 1.807) is 6.08 Å². The zero-order valence-corrected chi connectivity index (χ0v) is 33.4. The lowest BCUT2D eigenvalue weighted by Crippen LogP contribution is -2.65. The average molecular weight is 790 g/mol. The summed E-state index contributed by atoms with van der Waals surface area (Å²) in [6.45, 7) is 2.61. The number of hydrogen-bond acceptors (Lipinski definition) is 13. The van der Waals surface area contributed by atoms with Crippen LogP contribution in [0.4, 0.5) is 0 Å². The first-order valence-electron chi connectivity index (χ1n) is 21.1. The molecule has 2 heterocycles. The number of carbonyl (C=O) groups is 1. The molecule has 0 aromatic rings.